The Bertz CT molecular complexity index is 990. The Hall–Kier alpha value is -3.04. The van der Waals surface area contributed by atoms with Gasteiger partial charge in [0.15, 0.2) is 0 Å². The van der Waals surface area contributed by atoms with E-state index in [0.29, 0.717) is 17.1 Å². The van der Waals surface area contributed by atoms with Crippen molar-refractivity contribution in [3.8, 4) is 6.07 Å². The van der Waals surface area contributed by atoms with Gasteiger partial charge in [-0.1, -0.05) is 53.7 Å². The van der Waals surface area contributed by atoms with Crippen LogP contribution >= 0.6 is 11.8 Å². The van der Waals surface area contributed by atoms with Gasteiger partial charge in [-0.15, -0.1) is 0 Å². The highest BCUT2D eigenvalue weighted by atomic mass is 32.2. The standard InChI is InChI=1S/C22H21N3O2S/c1-14-8-10-17(11-9-14)25-21(27)19(12-16-7-5-4-6-15(16)2)28-22(25)18(13-23)20(26)24-3/h4-11,19H,12H2,1-3H3,(H,24,26)/b22-18-. The van der Waals surface area contributed by atoms with Gasteiger partial charge in [0.2, 0.25) is 5.91 Å². The summed E-state index contributed by atoms with van der Waals surface area (Å²) in [6.45, 7) is 3.98. The van der Waals surface area contributed by atoms with Gasteiger partial charge in [0.1, 0.15) is 16.7 Å². The summed E-state index contributed by atoms with van der Waals surface area (Å²) in [4.78, 5) is 27.0. The molecule has 2 aromatic rings. The number of nitriles is 1. The summed E-state index contributed by atoms with van der Waals surface area (Å²) in [7, 11) is 1.47. The Morgan fingerprint density at radius 2 is 1.86 bits per heavy atom. The molecule has 2 aromatic carbocycles. The molecule has 1 aliphatic heterocycles. The molecule has 0 bridgehead atoms. The van der Waals surface area contributed by atoms with Gasteiger partial charge in [0.05, 0.1) is 5.25 Å². The minimum Gasteiger partial charge on any atom is -0.354 e. The van der Waals surface area contributed by atoms with Crippen molar-refractivity contribution in [2.45, 2.75) is 25.5 Å². The molecule has 28 heavy (non-hydrogen) atoms. The number of hydrogen-bond donors (Lipinski definition) is 1. The van der Waals surface area contributed by atoms with Gasteiger partial charge in [-0.05, 0) is 43.5 Å². The van der Waals surface area contributed by atoms with Crippen LogP contribution in [0.25, 0.3) is 0 Å². The van der Waals surface area contributed by atoms with E-state index in [1.54, 1.807) is 0 Å². The molecule has 1 fully saturated rings. The zero-order chi connectivity index (χ0) is 20.3. The second kappa shape index (κ2) is 8.32. The fourth-order valence-electron chi connectivity index (χ4n) is 3.08. The Labute approximate surface area is 169 Å². The van der Waals surface area contributed by atoms with E-state index in [1.165, 1.54) is 23.7 Å². The smallest absolute Gasteiger partial charge is 0.264 e. The number of anilines is 1. The normalized spacial score (nSPS) is 18.0. The van der Waals surface area contributed by atoms with Crippen LogP contribution in [0.3, 0.4) is 0 Å². The molecule has 1 heterocycles. The topological polar surface area (TPSA) is 73.2 Å². The Morgan fingerprint density at radius 1 is 1.18 bits per heavy atom. The number of amides is 2. The fourth-order valence-corrected chi connectivity index (χ4v) is 4.38. The first-order valence-corrected chi connectivity index (χ1v) is 9.82. The minimum atomic E-state index is -0.494. The van der Waals surface area contributed by atoms with Crippen molar-refractivity contribution < 1.29 is 9.59 Å². The van der Waals surface area contributed by atoms with E-state index in [1.807, 2.05) is 68.4 Å². The molecule has 1 saturated heterocycles. The van der Waals surface area contributed by atoms with E-state index in [-0.39, 0.29) is 11.5 Å². The number of nitrogens with zero attached hydrogens (tertiary/aromatic N) is 2. The molecule has 0 aliphatic carbocycles. The van der Waals surface area contributed by atoms with Crippen LogP contribution in [0.4, 0.5) is 5.69 Å². The Kier molecular flexibility index (Phi) is 5.86. The molecule has 5 nitrogen and oxygen atoms in total. The van der Waals surface area contributed by atoms with E-state index in [4.69, 9.17) is 0 Å². The summed E-state index contributed by atoms with van der Waals surface area (Å²) in [5.41, 5.74) is 3.87. The molecule has 0 spiro atoms. The first-order chi connectivity index (χ1) is 13.5. The predicted molar refractivity (Wildman–Crippen MR) is 112 cm³/mol. The molecule has 1 unspecified atom stereocenters. The molecule has 0 aromatic heterocycles. The maximum atomic E-state index is 13.3. The lowest BCUT2D eigenvalue weighted by molar-refractivity contribution is -0.117. The third-order valence-corrected chi connectivity index (χ3v) is 5.95. The molecule has 6 heteroatoms. The number of thioether (sulfide) groups is 1. The third kappa shape index (κ3) is 3.80. The molecule has 1 atom stereocenters. The van der Waals surface area contributed by atoms with Crippen LogP contribution in [0.1, 0.15) is 16.7 Å². The van der Waals surface area contributed by atoms with E-state index in [2.05, 4.69) is 5.32 Å². The zero-order valence-corrected chi connectivity index (χ0v) is 16.8. The van der Waals surface area contributed by atoms with Gasteiger partial charge in [-0.3, -0.25) is 14.5 Å². The number of carbonyl (C=O) groups is 2. The molecule has 142 valence electrons. The number of aryl methyl sites for hydroxylation is 2. The van der Waals surface area contributed by atoms with Crippen LogP contribution < -0.4 is 10.2 Å². The fraction of sp³-hybridized carbons (Fsp3) is 0.227. The van der Waals surface area contributed by atoms with Gasteiger partial charge in [-0.2, -0.15) is 5.26 Å². The van der Waals surface area contributed by atoms with Gasteiger partial charge in [-0.25, -0.2) is 0 Å². The monoisotopic (exact) mass is 391 g/mol. The van der Waals surface area contributed by atoms with Crippen molar-refractivity contribution >= 4 is 29.3 Å². The summed E-state index contributed by atoms with van der Waals surface area (Å²) in [6, 6.07) is 17.4. The highest BCUT2D eigenvalue weighted by molar-refractivity contribution is 8.05. The largest absolute Gasteiger partial charge is 0.354 e. The average Bonchev–Trinajstić information content (AvgIpc) is 3.01. The summed E-state index contributed by atoms with van der Waals surface area (Å²) in [5.74, 6) is -0.616. The Balaban J connectivity index is 2.06. The summed E-state index contributed by atoms with van der Waals surface area (Å²) in [6.07, 6.45) is 0.536. The lowest BCUT2D eigenvalue weighted by atomic mass is 10.0. The van der Waals surface area contributed by atoms with Gasteiger partial charge < -0.3 is 5.32 Å². The molecule has 2 amide bonds. The van der Waals surface area contributed by atoms with Crippen molar-refractivity contribution in [3.63, 3.8) is 0 Å². The summed E-state index contributed by atoms with van der Waals surface area (Å²) < 4.78 is 0. The minimum absolute atomic E-state index is 0.0475. The Morgan fingerprint density at radius 3 is 2.46 bits per heavy atom. The molecule has 0 saturated carbocycles. The number of rotatable bonds is 4. The van der Waals surface area contributed by atoms with Crippen molar-refractivity contribution in [1.29, 1.82) is 5.26 Å². The first-order valence-electron chi connectivity index (χ1n) is 8.94. The van der Waals surface area contributed by atoms with E-state index < -0.39 is 11.2 Å². The summed E-state index contributed by atoms with van der Waals surface area (Å²) in [5, 5.41) is 12.1. The number of carbonyl (C=O) groups excluding carboxylic acids is 2. The van der Waals surface area contributed by atoms with Crippen molar-refractivity contribution in [2.24, 2.45) is 0 Å². The van der Waals surface area contributed by atoms with E-state index in [0.717, 1.165) is 16.7 Å². The molecule has 0 radical (unpaired) electrons. The predicted octanol–water partition coefficient (Wildman–Crippen LogP) is 3.48. The molecule has 1 aliphatic rings. The molecular weight excluding hydrogens is 370 g/mol. The maximum Gasteiger partial charge on any atom is 0.264 e. The quantitative estimate of drug-likeness (QED) is 0.640. The zero-order valence-electron chi connectivity index (χ0n) is 16.0. The van der Waals surface area contributed by atoms with Crippen molar-refractivity contribution in [1.82, 2.24) is 5.32 Å². The first kappa shape index (κ1) is 19.7. The van der Waals surface area contributed by atoms with Crippen LogP contribution in [-0.4, -0.2) is 24.1 Å². The SMILES string of the molecule is CNC(=O)/C(C#N)=C1\SC(Cc2ccccc2C)C(=O)N1c1ccc(C)cc1. The van der Waals surface area contributed by atoms with Crippen molar-refractivity contribution in [3.05, 3.63) is 75.8 Å². The van der Waals surface area contributed by atoms with Crippen LogP contribution in [0.15, 0.2) is 59.1 Å². The van der Waals surface area contributed by atoms with Crippen LogP contribution in [0.2, 0.25) is 0 Å². The van der Waals surface area contributed by atoms with Crippen LogP contribution in [0.5, 0.6) is 0 Å². The van der Waals surface area contributed by atoms with Gasteiger partial charge in [0, 0.05) is 12.7 Å². The molecular formula is C22H21N3O2S. The van der Waals surface area contributed by atoms with E-state index >= 15 is 0 Å². The third-order valence-electron chi connectivity index (χ3n) is 4.69. The number of nitrogens with one attached hydrogen (secondary N) is 1. The maximum absolute atomic E-state index is 13.3. The lowest BCUT2D eigenvalue weighted by Gasteiger charge is -2.18. The number of likely N-dealkylation sites (N-methyl/N-ethyl adjacent to an activating group) is 1. The average molecular weight is 391 g/mol. The highest BCUT2D eigenvalue weighted by Gasteiger charge is 2.40. The summed E-state index contributed by atoms with van der Waals surface area (Å²) >= 11 is 1.28. The molecule has 3 rings (SSSR count). The second-order valence-electron chi connectivity index (χ2n) is 6.62. The molecule has 1 N–H and O–H groups in total. The second-order valence-corrected chi connectivity index (χ2v) is 7.81. The van der Waals surface area contributed by atoms with E-state index in [9.17, 15) is 14.9 Å². The number of hydrogen-bond acceptors (Lipinski definition) is 4. The van der Waals surface area contributed by atoms with Gasteiger partial charge >= 0.3 is 0 Å². The lowest BCUT2D eigenvalue weighted by Crippen LogP contribution is -2.31. The van der Waals surface area contributed by atoms with Crippen LogP contribution in [-0.2, 0) is 16.0 Å². The van der Waals surface area contributed by atoms with Crippen LogP contribution in [0, 0.1) is 25.2 Å². The van der Waals surface area contributed by atoms with Crippen molar-refractivity contribution in [2.75, 3.05) is 11.9 Å². The van der Waals surface area contributed by atoms with Gasteiger partial charge in [0.25, 0.3) is 5.91 Å². The highest BCUT2D eigenvalue weighted by Crippen LogP contribution is 2.42. The number of benzene rings is 2.